The number of hydrogen-bond acceptors (Lipinski definition) is 3. The SMILES string of the molecule is CNS(O)(O)Cc1ccccc1. The normalized spacial score (nSPS) is 12.9. The molecule has 0 saturated heterocycles. The van der Waals surface area contributed by atoms with E-state index >= 15 is 0 Å². The summed E-state index contributed by atoms with van der Waals surface area (Å²) in [5, 5.41) is 0. The first-order valence-corrected chi connectivity index (χ1v) is 5.34. The highest BCUT2D eigenvalue weighted by Gasteiger charge is 2.08. The van der Waals surface area contributed by atoms with E-state index in [0.717, 1.165) is 5.56 Å². The van der Waals surface area contributed by atoms with Gasteiger partial charge in [-0.15, -0.1) is 10.8 Å². The summed E-state index contributed by atoms with van der Waals surface area (Å²) in [7, 11) is -1.08. The van der Waals surface area contributed by atoms with Gasteiger partial charge in [-0.1, -0.05) is 30.3 Å². The van der Waals surface area contributed by atoms with E-state index in [1.165, 1.54) is 7.05 Å². The number of benzene rings is 1. The largest absolute Gasteiger partial charge is 0.285 e. The van der Waals surface area contributed by atoms with E-state index in [9.17, 15) is 9.11 Å². The van der Waals surface area contributed by atoms with Gasteiger partial charge in [0.1, 0.15) is 0 Å². The van der Waals surface area contributed by atoms with Crippen molar-refractivity contribution in [2.45, 2.75) is 5.75 Å². The quantitative estimate of drug-likeness (QED) is 0.679. The first kappa shape index (κ1) is 9.54. The van der Waals surface area contributed by atoms with E-state index in [2.05, 4.69) is 4.72 Å². The highest BCUT2D eigenvalue weighted by molar-refractivity contribution is 8.21. The lowest BCUT2D eigenvalue weighted by atomic mass is 10.2. The molecule has 0 radical (unpaired) electrons. The summed E-state index contributed by atoms with van der Waals surface area (Å²) in [4.78, 5) is 0. The average Bonchev–Trinajstić information content (AvgIpc) is 2.06. The predicted molar refractivity (Wildman–Crippen MR) is 52.1 cm³/mol. The van der Waals surface area contributed by atoms with Crippen molar-refractivity contribution in [3.05, 3.63) is 35.9 Å². The fraction of sp³-hybridized carbons (Fsp3) is 0.250. The molecule has 1 aromatic carbocycles. The zero-order valence-electron chi connectivity index (χ0n) is 6.90. The van der Waals surface area contributed by atoms with Crippen LogP contribution >= 0.6 is 10.8 Å². The summed E-state index contributed by atoms with van der Waals surface area (Å²) in [6, 6.07) is 9.38. The van der Waals surface area contributed by atoms with Crippen LogP contribution in [0.3, 0.4) is 0 Å². The molecule has 0 spiro atoms. The minimum Gasteiger partial charge on any atom is -0.285 e. The van der Waals surface area contributed by atoms with Crippen LogP contribution in [-0.4, -0.2) is 16.2 Å². The van der Waals surface area contributed by atoms with E-state index in [-0.39, 0.29) is 5.75 Å². The topological polar surface area (TPSA) is 52.5 Å². The molecular weight excluding hydrogens is 174 g/mol. The molecule has 0 aliphatic rings. The molecule has 4 heteroatoms. The molecule has 0 saturated carbocycles. The van der Waals surface area contributed by atoms with Crippen molar-refractivity contribution in [1.29, 1.82) is 0 Å². The second kappa shape index (κ2) is 3.91. The second-order valence-electron chi connectivity index (χ2n) is 2.50. The maximum absolute atomic E-state index is 9.30. The van der Waals surface area contributed by atoms with E-state index < -0.39 is 10.8 Å². The van der Waals surface area contributed by atoms with E-state index in [1.807, 2.05) is 30.3 Å². The summed E-state index contributed by atoms with van der Waals surface area (Å²) in [6.45, 7) is 0. The maximum Gasteiger partial charge on any atom is 0.0778 e. The fourth-order valence-corrected chi connectivity index (χ4v) is 1.68. The van der Waals surface area contributed by atoms with Crippen LogP contribution in [0.4, 0.5) is 0 Å². The summed E-state index contributed by atoms with van der Waals surface area (Å²) in [5.74, 6) is 0.268. The molecule has 3 N–H and O–H groups in total. The lowest BCUT2D eigenvalue weighted by Gasteiger charge is -2.30. The van der Waals surface area contributed by atoms with Gasteiger partial charge < -0.3 is 0 Å². The molecule has 1 aromatic rings. The van der Waals surface area contributed by atoms with Crippen LogP contribution in [0.2, 0.25) is 0 Å². The molecule has 0 heterocycles. The minimum atomic E-state index is -2.62. The molecule has 0 amide bonds. The molecule has 0 fully saturated rings. The molecule has 0 atom stereocenters. The maximum atomic E-state index is 9.30. The molecule has 0 aliphatic heterocycles. The highest BCUT2D eigenvalue weighted by Crippen LogP contribution is 2.36. The van der Waals surface area contributed by atoms with Crippen LogP contribution in [0, 0.1) is 0 Å². The van der Waals surface area contributed by atoms with Crippen LogP contribution in [0.1, 0.15) is 5.56 Å². The Morgan fingerprint density at radius 3 is 2.33 bits per heavy atom. The molecule has 0 unspecified atom stereocenters. The van der Waals surface area contributed by atoms with Gasteiger partial charge in [0.15, 0.2) is 0 Å². The van der Waals surface area contributed by atoms with Gasteiger partial charge >= 0.3 is 0 Å². The van der Waals surface area contributed by atoms with Gasteiger partial charge in [-0.25, -0.2) is 4.72 Å². The molecule has 0 aromatic heterocycles. The Kier molecular flexibility index (Phi) is 3.11. The van der Waals surface area contributed by atoms with E-state index in [4.69, 9.17) is 0 Å². The zero-order valence-corrected chi connectivity index (χ0v) is 7.71. The minimum absolute atomic E-state index is 0.268. The molecule has 12 heavy (non-hydrogen) atoms. The standard InChI is InChI=1S/C8H13NO2S/c1-9-12(10,11)7-8-5-3-2-4-6-8/h2-6,9-11H,7H2,1H3. The number of hydrogen-bond donors (Lipinski definition) is 3. The Bertz CT molecular complexity index is 238. The Morgan fingerprint density at radius 2 is 1.83 bits per heavy atom. The summed E-state index contributed by atoms with van der Waals surface area (Å²) >= 11 is 0. The Labute approximate surface area is 73.9 Å². The predicted octanol–water partition coefficient (Wildman–Crippen LogP) is 2.07. The molecule has 68 valence electrons. The van der Waals surface area contributed by atoms with Gasteiger partial charge in [-0.3, -0.25) is 9.11 Å². The third kappa shape index (κ3) is 2.83. The van der Waals surface area contributed by atoms with Crippen molar-refractivity contribution < 1.29 is 9.11 Å². The third-order valence-electron chi connectivity index (χ3n) is 1.54. The first-order chi connectivity index (χ1) is 5.64. The van der Waals surface area contributed by atoms with Crippen LogP contribution in [-0.2, 0) is 5.75 Å². The van der Waals surface area contributed by atoms with Gasteiger partial charge in [0.05, 0.1) is 5.75 Å². The van der Waals surface area contributed by atoms with Crippen molar-refractivity contribution in [1.82, 2.24) is 4.72 Å². The van der Waals surface area contributed by atoms with Gasteiger partial charge in [-0.2, -0.15) is 0 Å². The van der Waals surface area contributed by atoms with Crippen LogP contribution in [0.5, 0.6) is 0 Å². The van der Waals surface area contributed by atoms with Gasteiger partial charge in [-0.05, 0) is 5.56 Å². The number of rotatable bonds is 3. The molecule has 0 bridgehead atoms. The van der Waals surface area contributed by atoms with E-state index in [0.29, 0.717) is 0 Å². The lowest BCUT2D eigenvalue weighted by molar-refractivity contribution is 0.475. The van der Waals surface area contributed by atoms with Crippen molar-refractivity contribution in [3.63, 3.8) is 0 Å². The molecular formula is C8H13NO2S. The Morgan fingerprint density at radius 1 is 1.25 bits per heavy atom. The van der Waals surface area contributed by atoms with Gasteiger partial charge in [0, 0.05) is 7.05 Å². The number of nitrogens with one attached hydrogen (secondary N) is 1. The first-order valence-electron chi connectivity index (χ1n) is 3.62. The fourth-order valence-electron chi connectivity index (χ4n) is 0.879. The van der Waals surface area contributed by atoms with Crippen molar-refractivity contribution in [3.8, 4) is 0 Å². The van der Waals surface area contributed by atoms with Crippen molar-refractivity contribution >= 4 is 10.8 Å². The lowest BCUT2D eigenvalue weighted by Crippen LogP contribution is -2.16. The monoisotopic (exact) mass is 187 g/mol. The van der Waals surface area contributed by atoms with Crippen molar-refractivity contribution in [2.24, 2.45) is 0 Å². The Hall–Kier alpha value is -0.550. The summed E-state index contributed by atoms with van der Waals surface area (Å²) in [6.07, 6.45) is 0. The molecule has 1 rings (SSSR count). The zero-order chi connectivity index (χ0) is 9.03. The van der Waals surface area contributed by atoms with Crippen LogP contribution in [0.15, 0.2) is 30.3 Å². The second-order valence-corrected chi connectivity index (χ2v) is 4.53. The van der Waals surface area contributed by atoms with Gasteiger partial charge in [0.2, 0.25) is 0 Å². The third-order valence-corrected chi connectivity index (χ3v) is 2.93. The van der Waals surface area contributed by atoms with Crippen LogP contribution in [0.25, 0.3) is 0 Å². The molecule has 3 nitrogen and oxygen atoms in total. The van der Waals surface area contributed by atoms with E-state index in [1.54, 1.807) is 0 Å². The van der Waals surface area contributed by atoms with Crippen molar-refractivity contribution in [2.75, 3.05) is 7.05 Å². The average molecular weight is 187 g/mol. The summed E-state index contributed by atoms with van der Waals surface area (Å²) in [5.41, 5.74) is 0.923. The van der Waals surface area contributed by atoms with Crippen LogP contribution < -0.4 is 4.72 Å². The highest BCUT2D eigenvalue weighted by atomic mass is 32.3. The smallest absolute Gasteiger partial charge is 0.0778 e. The van der Waals surface area contributed by atoms with Gasteiger partial charge in [0.25, 0.3) is 0 Å². The molecule has 0 aliphatic carbocycles. The Balaban J connectivity index is 2.64. The summed E-state index contributed by atoms with van der Waals surface area (Å²) < 4.78 is 21.1.